The van der Waals surface area contributed by atoms with Crippen molar-refractivity contribution in [1.29, 1.82) is 0 Å². The molecule has 0 aliphatic heterocycles. The highest BCUT2D eigenvalue weighted by molar-refractivity contribution is 6.31. The molecule has 2 N–H and O–H groups in total. The van der Waals surface area contributed by atoms with Gasteiger partial charge in [0.05, 0.1) is 12.8 Å². The zero-order chi connectivity index (χ0) is 17.7. The van der Waals surface area contributed by atoms with E-state index in [0.29, 0.717) is 33.8 Å². The first kappa shape index (κ1) is 18.0. The number of hydrogen-bond donors (Lipinski definition) is 2. The van der Waals surface area contributed by atoms with E-state index >= 15 is 0 Å². The summed E-state index contributed by atoms with van der Waals surface area (Å²) in [6.45, 7) is 5.76. The molecule has 1 aromatic carbocycles. The fourth-order valence-electron chi connectivity index (χ4n) is 2.04. The van der Waals surface area contributed by atoms with Crippen LogP contribution in [0.1, 0.15) is 36.5 Å². The maximum absolute atomic E-state index is 12.3. The van der Waals surface area contributed by atoms with Crippen molar-refractivity contribution < 1.29 is 9.53 Å². The maximum Gasteiger partial charge on any atom is 0.270 e. The molecule has 1 atom stereocenters. The number of anilines is 2. The van der Waals surface area contributed by atoms with Crippen LogP contribution in [0.15, 0.2) is 24.3 Å². The van der Waals surface area contributed by atoms with Crippen LogP contribution in [0.4, 0.5) is 11.6 Å². The van der Waals surface area contributed by atoms with Gasteiger partial charge in [-0.2, -0.15) is 0 Å². The monoisotopic (exact) mass is 348 g/mol. The Hall–Kier alpha value is -2.34. The quantitative estimate of drug-likeness (QED) is 0.832. The first-order valence-corrected chi connectivity index (χ1v) is 8.07. The molecule has 128 valence electrons. The van der Waals surface area contributed by atoms with Crippen LogP contribution in [0, 0.1) is 6.92 Å². The molecule has 0 fully saturated rings. The Kier molecular flexibility index (Phi) is 5.98. The van der Waals surface area contributed by atoms with Gasteiger partial charge in [0.15, 0.2) is 0 Å². The number of carbonyl (C=O) groups excluding carboxylic acids is 1. The molecule has 1 amide bonds. The van der Waals surface area contributed by atoms with Crippen molar-refractivity contribution >= 4 is 29.1 Å². The number of benzene rings is 1. The van der Waals surface area contributed by atoms with Crippen molar-refractivity contribution in [2.24, 2.45) is 0 Å². The molecule has 1 unspecified atom stereocenters. The van der Waals surface area contributed by atoms with Gasteiger partial charge in [0.25, 0.3) is 5.91 Å². The predicted octanol–water partition coefficient (Wildman–Crippen LogP) is 3.72. The number of rotatable bonds is 6. The highest BCUT2D eigenvalue weighted by atomic mass is 35.5. The number of amides is 1. The number of halogens is 1. The van der Waals surface area contributed by atoms with Crippen LogP contribution in [-0.2, 0) is 0 Å². The fraction of sp³-hybridized carbons (Fsp3) is 0.353. The minimum absolute atomic E-state index is 0.0807. The number of nitrogens with one attached hydrogen (secondary N) is 2. The van der Waals surface area contributed by atoms with Crippen molar-refractivity contribution in [3.05, 3.63) is 40.7 Å². The number of aryl methyl sites for hydroxylation is 1. The molecule has 2 rings (SSSR count). The first-order chi connectivity index (χ1) is 11.4. The Morgan fingerprint density at radius 1 is 1.33 bits per heavy atom. The van der Waals surface area contributed by atoms with Crippen molar-refractivity contribution in [3.63, 3.8) is 0 Å². The van der Waals surface area contributed by atoms with E-state index in [0.717, 1.165) is 6.42 Å². The van der Waals surface area contributed by atoms with Gasteiger partial charge in [0, 0.05) is 16.8 Å². The summed E-state index contributed by atoms with van der Waals surface area (Å²) in [6, 6.07) is 6.92. The van der Waals surface area contributed by atoms with Gasteiger partial charge in [0.2, 0.25) is 5.95 Å². The second-order valence-corrected chi connectivity index (χ2v) is 5.91. The van der Waals surface area contributed by atoms with Crippen LogP contribution in [0.2, 0.25) is 5.02 Å². The van der Waals surface area contributed by atoms with Crippen LogP contribution in [0.3, 0.4) is 0 Å². The zero-order valence-electron chi connectivity index (χ0n) is 14.2. The lowest BCUT2D eigenvalue weighted by Crippen LogP contribution is -2.32. The number of ether oxygens (including phenoxy) is 1. The highest BCUT2D eigenvalue weighted by Crippen LogP contribution is 2.29. The number of nitrogens with zero attached hydrogens (tertiary/aromatic N) is 2. The number of methoxy groups -OCH3 is 1. The Balaban J connectivity index is 2.29. The molecule has 1 aromatic heterocycles. The van der Waals surface area contributed by atoms with Gasteiger partial charge in [-0.05, 0) is 44.5 Å². The SMILES string of the molecule is CCC(C)NC(=O)c1cc(C)nc(Nc2cc(Cl)ccc2OC)n1. The molecule has 7 heteroatoms. The molecule has 0 radical (unpaired) electrons. The molecule has 0 saturated carbocycles. The lowest BCUT2D eigenvalue weighted by atomic mass is 10.2. The molecular formula is C17H21ClN4O2. The molecule has 0 spiro atoms. The highest BCUT2D eigenvalue weighted by Gasteiger charge is 2.13. The van der Waals surface area contributed by atoms with Gasteiger partial charge in [0.1, 0.15) is 11.4 Å². The van der Waals surface area contributed by atoms with Crippen molar-refractivity contribution in [2.75, 3.05) is 12.4 Å². The third-order valence-corrected chi connectivity index (χ3v) is 3.72. The van der Waals surface area contributed by atoms with E-state index in [2.05, 4.69) is 20.6 Å². The van der Waals surface area contributed by atoms with Crippen LogP contribution >= 0.6 is 11.6 Å². The second-order valence-electron chi connectivity index (χ2n) is 5.47. The van der Waals surface area contributed by atoms with Crippen LogP contribution in [-0.4, -0.2) is 29.0 Å². The van der Waals surface area contributed by atoms with E-state index in [9.17, 15) is 4.79 Å². The second kappa shape index (κ2) is 7.97. The Bertz CT molecular complexity index is 737. The molecule has 0 saturated heterocycles. The largest absolute Gasteiger partial charge is 0.495 e. The van der Waals surface area contributed by atoms with Gasteiger partial charge in [-0.3, -0.25) is 4.79 Å². The average molecular weight is 349 g/mol. The first-order valence-electron chi connectivity index (χ1n) is 7.70. The van der Waals surface area contributed by atoms with Crippen LogP contribution < -0.4 is 15.4 Å². The lowest BCUT2D eigenvalue weighted by molar-refractivity contribution is 0.0934. The molecule has 0 aliphatic rings. The molecular weight excluding hydrogens is 328 g/mol. The summed E-state index contributed by atoms with van der Waals surface area (Å²) in [5, 5.41) is 6.51. The van der Waals surface area contributed by atoms with Gasteiger partial charge in [-0.1, -0.05) is 18.5 Å². The van der Waals surface area contributed by atoms with Crippen LogP contribution in [0.5, 0.6) is 5.75 Å². The van der Waals surface area contributed by atoms with E-state index < -0.39 is 0 Å². The minimum Gasteiger partial charge on any atom is -0.495 e. The third kappa shape index (κ3) is 4.58. The van der Waals surface area contributed by atoms with Crippen molar-refractivity contribution in [1.82, 2.24) is 15.3 Å². The lowest BCUT2D eigenvalue weighted by Gasteiger charge is -2.13. The van der Waals surface area contributed by atoms with E-state index in [1.807, 2.05) is 20.8 Å². The summed E-state index contributed by atoms with van der Waals surface area (Å²) in [5.74, 6) is 0.691. The van der Waals surface area contributed by atoms with Gasteiger partial charge in [-0.25, -0.2) is 9.97 Å². The smallest absolute Gasteiger partial charge is 0.270 e. The van der Waals surface area contributed by atoms with Crippen LogP contribution in [0.25, 0.3) is 0 Å². The molecule has 1 heterocycles. The minimum atomic E-state index is -0.226. The van der Waals surface area contributed by atoms with E-state index in [-0.39, 0.29) is 11.9 Å². The van der Waals surface area contributed by atoms with Crippen molar-refractivity contribution in [3.8, 4) is 5.75 Å². The topological polar surface area (TPSA) is 76.1 Å². The Morgan fingerprint density at radius 2 is 2.08 bits per heavy atom. The number of aromatic nitrogens is 2. The molecule has 0 bridgehead atoms. The summed E-state index contributed by atoms with van der Waals surface area (Å²) in [6.07, 6.45) is 0.848. The van der Waals surface area contributed by atoms with E-state index in [1.54, 1.807) is 31.4 Å². The Labute approximate surface area is 146 Å². The average Bonchev–Trinajstić information content (AvgIpc) is 2.54. The fourth-order valence-corrected chi connectivity index (χ4v) is 2.21. The molecule has 24 heavy (non-hydrogen) atoms. The van der Waals surface area contributed by atoms with Gasteiger partial charge in [-0.15, -0.1) is 0 Å². The normalized spacial score (nSPS) is 11.7. The predicted molar refractivity (Wildman–Crippen MR) is 95.3 cm³/mol. The summed E-state index contributed by atoms with van der Waals surface area (Å²) >= 11 is 6.03. The standard InChI is InChI=1S/C17H21ClN4O2/c1-5-10(2)19-16(23)14-8-11(3)20-17(22-14)21-13-9-12(18)6-7-15(13)24-4/h6-10H,5H2,1-4H3,(H,19,23)(H,20,21,22). The maximum atomic E-state index is 12.3. The van der Waals surface area contributed by atoms with Crippen molar-refractivity contribution in [2.45, 2.75) is 33.2 Å². The molecule has 2 aromatic rings. The summed E-state index contributed by atoms with van der Waals surface area (Å²) in [5.41, 5.74) is 1.62. The molecule has 0 aliphatic carbocycles. The molecule has 6 nitrogen and oxygen atoms in total. The van der Waals surface area contributed by atoms with Gasteiger partial charge >= 0.3 is 0 Å². The number of carbonyl (C=O) groups is 1. The number of hydrogen-bond acceptors (Lipinski definition) is 5. The van der Waals surface area contributed by atoms with Gasteiger partial charge < -0.3 is 15.4 Å². The summed E-state index contributed by atoms with van der Waals surface area (Å²) in [4.78, 5) is 20.9. The van der Waals surface area contributed by atoms with E-state index in [1.165, 1.54) is 0 Å². The zero-order valence-corrected chi connectivity index (χ0v) is 14.9. The Morgan fingerprint density at radius 3 is 2.75 bits per heavy atom. The summed E-state index contributed by atoms with van der Waals surface area (Å²) < 4.78 is 5.29. The third-order valence-electron chi connectivity index (χ3n) is 3.48. The van der Waals surface area contributed by atoms with E-state index in [4.69, 9.17) is 16.3 Å². The summed E-state index contributed by atoms with van der Waals surface area (Å²) in [7, 11) is 1.57.